The van der Waals surface area contributed by atoms with Crippen molar-refractivity contribution in [2.75, 3.05) is 12.4 Å². The van der Waals surface area contributed by atoms with Crippen LogP contribution >= 0.6 is 11.6 Å². The fourth-order valence-corrected chi connectivity index (χ4v) is 1.92. The zero-order valence-corrected chi connectivity index (χ0v) is 10.9. The summed E-state index contributed by atoms with van der Waals surface area (Å²) in [6, 6.07) is 8.54. The lowest BCUT2D eigenvalue weighted by Gasteiger charge is -2.07. The number of hydrogen-bond acceptors (Lipinski definition) is 1. The molecule has 16 heavy (non-hydrogen) atoms. The van der Waals surface area contributed by atoms with Gasteiger partial charge < -0.3 is 5.32 Å². The largest absolute Gasteiger partial charge is 0.313 e. The van der Waals surface area contributed by atoms with Crippen molar-refractivity contribution in [2.24, 2.45) is 0 Å². The van der Waals surface area contributed by atoms with E-state index in [0.29, 0.717) is 0 Å². The molecule has 1 aromatic rings. The third-order valence-electron chi connectivity index (χ3n) is 2.81. The standard InChI is InChI=1S/C14H22ClN/c1-13-8-4-5-9-14(13)12-16-11-7-3-2-6-10-15/h4-5,8-9,16H,2-3,6-7,10-12H2,1H3. The van der Waals surface area contributed by atoms with Crippen molar-refractivity contribution in [3.05, 3.63) is 35.4 Å². The van der Waals surface area contributed by atoms with E-state index in [1.807, 2.05) is 0 Å². The maximum atomic E-state index is 5.62. The molecule has 0 aromatic heterocycles. The lowest BCUT2D eigenvalue weighted by Crippen LogP contribution is -2.15. The van der Waals surface area contributed by atoms with Gasteiger partial charge in [0, 0.05) is 12.4 Å². The molecule has 0 radical (unpaired) electrons. The number of alkyl halides is 1. The highest BCUT2D eigenvalue weighted by atomic mass is 35.5. The molecule has 1 rings (SSSR count). The van der Waals surface area contributed by atoms with Crippen molar-refractivity contribution in [3.8, 4) is 0 Å². The zero-order valence-electron chi connectivity index (χ0n) is 10.1. The van der Waals surface area contributed by atoms with Gasteiger partial charge in [0.05, 0.1) is 0 Å². The van der Waals surface area contributed by atoms with Crippen LogP contribution in [0.4, 0.5) is 0 Å². The molecule has 0 aliphatic rings. The van der Waals surface area contributed by atoms with Crippen LogP contribution in [0.5, 0.6) is 0 Å². The Kier molecular flexibility index (Phi) is 7.28. The molecular formula is C14H22ClN. The summed E-state index contributed by atoms with van der Waals surface area (Å²) in [6.45, 7) is 4.26. The zero-order chi connectivity index (χ0) is 11.6. The number of aryl methyl sites for hydroxylation is 1. The molecule has 1 N–H and O–H groups in total. The van der Waals surface area contributed by atoms with E-state index in [1.54, 1.807) is 0 Å². The Balaban J connectivity index is 2.05. The molecule has 1 nitrogen and oxygen atoms in total. The van der Waals surface area contributed by atoms with Crippen molar-refractivity contribution in [2.45, 2.75) is 39.2 Å². The Bertz CT molecular complexity index is 286. The van der Waals surface area contributed by atoms with Gasteiger partial charge in [-0.15, -0.1) is 11.6 Å². The van der Waals surface area contributed by atoms with Crippen LogP contribution in [0.25, 0.3) is 0 Å². The average Bonchev–Trinajstić information content (AvgIpc) is 2.30. The predicted molar refractivity (Wildman–Crippen MR) is 72.1 cm³/mol. The van der Waals surface area contributed by atoms with Gasteiger partial charge in [-0.2, -0.15) is 0 Å². The van der Waals surface area contributed by atoms with Gasteiger partial charge in [-0.25, -0.2) is 0 Å². The van der Waals surface area contributed by atoms with E-state index in [4.69, 9.17) is 11.6 Å². The molecule has 0 saturated carbocycles. The van der Waals surface area contributed by atoms with Crippen LogP contribution in [0.2, 0.25) is 0 Å². The fraction of sp³-hybridized carbons (Fsp3) is 0.571. The quantitative estimate of drug-likeness (QED) is 0.536. The van der Waals surface area contributed by atoms with Crippen LogP contribution in [-0.4, -0.2) is 12.4 Å². The highest BCUT2D eigenvalue weighted by molar-refractivity contribution is 6.17. The summed E-state index contributed by atoms with van der Waals surface area (Å²) in [5, 5.41) is 3.49. The Morgan fingerprint density at radius 1 is 1.06 bits per heavy atom. The molecule has 0 heterocycles. The topological polar surface area (TPSA) is 12.0 Å². The van der Waals surface area contributed by atoms with Crippen LogP contribution in [0.15, 0.2) is 24.3 Å². The van der Waals surface area contributed by atoms with Gasteiger partial charge in [-0.05, 0) is 37.4 Å². The van der Waals surface area contributed by atoms with Crippen molar-refractivity contribution in [1.29, 1.82) is 0 Å². The van der Waals surface area contributed by atoms with Crippen LogP contribution < -0.4 is 5.32 Å². The fourth-order valence-electron chi connectivity index (χ4n) is 1.73. The van der Waals surface area contributed by atoms with Gasteiger partial charge in [-0.3, -0.25) is 0 Å². The first kappa shape index (κ1) is 13.5. The highest BCUT2D eigenvalue weighted by Gasteiger charge is 1.95. The summed E-state index contributed by atoms with van der Waals surface area (Å²) in [5.74, 6) is 0.802. The molecule has 0 saturated heterocycles. The predicted octanol–water partition coefficient (Wildman–Crippen LogP) is 3.88. The van der Waals surface area contributed by atoms with E-state index in [9.17, 15) is 0 Å². The van der Waals surface area contributed by atoms with Crippen LogP contribution in [0, 0.1) is 6.92 Å². The number of halogens is 1. The number of nitrogens with one attached hydrogen (secondary N) is 1. The molecule has 0 spiro atoms. The lowest BCUT2D eigenvalue weighted by atomic mass is 10.1. The summed E-state index contributed by atoms with van der Waals surface area (Å²) in [5.41, 5.74) is 2.78. The minimum Gasteiger partial charge on any atom is -0.313 e. The van der Waals surface area contributed by atoms with E-state index in [-0.39, 0.29) is 0 Å². The Morgan fingerprint density at radius 3 is 2.56 bits per heavy atom. The molecule has 1 aromatic carbocycles. The van der Waals surface area contributed by atoms with E-state index in [2.05, 4.69) is 36.5 Å². The van der Waals surface area contributed by atoms with Crippen molar-refractivity contribution in [1.82, 2.24) is 5.32 Å². The number of rotatable bonds is 8. The smallest absolute Gasteiger partial charge is 0.0223 e. The Hall–Kier alpha value is -0.530. The van der Waals surface area contributed by atoms with E-state index < -0.39 is 0 Å². The molecule has 0 aliphatic carbocycles. The van der Waals surface area contributed by atoms with E-state index >= 15 is 0 Å². The molecule has 0 amide bonds. The third kappa shape index (κ3) is 5.53. The summed E-state index contributed by atoms with van der Waals surface area (Å²) in [7, 11) is 0. The monoisotopic (exact) mass is 239 g/mol. The van der Waals surface area contributed by atoms with Gasteiger partial charge >= 0.3 is 0 Å². The molecular weight excluding hydrogens is 218 g/mol. The van der Waals surface area contributed by atoms with Crippen LogP contribution in [0.3, 0.4) is 0 Å². The summed E-state index contributed by atoms with van der Waals surface area (Å²) in [4.78, 5) is 0. The second-order valence-corrected chi connectivity index (χ2v) is 4.58. The molecule has 90 valence electrons. The van der Waals surface area contributed by atoms with Gasteiger partial charge in [-0.1, -0.05) is 37.1 Å². The molecule has 2 heteroatoms. The van der Waals surface area contributed by atoms with Crippen molar-refractivity contribution >= 4 is 11.6 Å². The molecule has 0 atom stereocenters. The second kappa shape index (κ2) is 8.60. The number of hydrogen-bond donors (Lipinski definition) is 1. The minimum atomic E-state index is 0.802. The molecule has 0 fully saturated rings. The molecule has 0 aliphatic heterocycles. The maximum absolute atomic E-state index is 5.62. The molecule has 0 bridgehead atoms. The Morgan fingerprint density at radius 2 is 1.81 bits per heavy atom. The normalized spacial score (nSPS) is 10.6. The first-order valence-corrected chi connectivity index (χ1v) is 6.69. The second-order valence-electron chi connectivity index (χ2n) is 4.21. The first-order chi connectivity index (χ1) is 7.84. The first-order valence-electron chi connectivity index (χ1n) is 6.16. The summed E-state index contributed by atoms with van der Waals surface area (Å²) >= 11 is 5.62. The average molecular weight is 240 g/mol. The van der Waals surface area contributed by atoms with Crippen molar-refractivity contribution in [3.63, 3.8) is 0 Å². The van der Waals surface area contributed by atoms with Gasteiger partial charge in [0.2, 0.25) is 0 Å². The van der Waals surface area contributed by atoms with Crippen LogP contribution in [0.1, 0.15) is 36.8 Å². The lowest BCUT2D eigenvalue weighted by molar-refractivity contribution is 0.598. The van der Waals surface area contributed by atoms with Crippen LogP contribution in [-0.2, 0) is 6.54 Å². The number of benzene rings is 1. The molecule has 0 unspecified atom stereocenters. The maximum Gasteiger partial charge on any atom is 0.0223 e. The minimum absolute atomic E-state index is 0.802. The van der Waals surface area contributed by atoms with Gasteiger partial charge in [0.15, 0.2) is 0 Å². The SMILES string of the molecule is Cc1ccccc1CNCCCCCCCl. The van der Waals surface area contributed by atoms with Gasteiger partial charge in [0.25, 0.3) is 0 Å². The van der Waals surface area contributed by atoms with E-state index in [0.717, 1.165) is 25.4 Å². The van der Waals surface area contributed by atoms with Crippen molar-refractivity contribution < 1.29 is 0 Å². The van der Waals surface area contributed by atoms with Gasteiger partial charge in [0.1, 0.15) is 0 Å². The van der Waals surface area contributed by atoms with E-state index in [1.165, 1.54) is 30.4 Å². The highest BCUT2D eigenvalue weighted by Crippen LogP contribution is 2.06. The summed E-state index contributed by atoms with van der Waals surface area (Å²) in [6.07, 6.45) is 4.95. The Labute approximate surface area is 104 Å². The number of unbranched alkanes of at least 4 members (excludes halogenated alkanes) is 3. The third-order valence-corrected chi connectivity index (χ3v) is 3.08. The summed E-state index contributed by atoms with van der Waals surface area (Å²) < 4.78 is 0.